The minimum absolute atomic E-state index is 0.352. The Kier molecular flexibility index (Phi) is 7.67. The van der Waals surface area contributed by atoms with Gasteiger partial charge in [-0.2, -0.15) is 0 Å². The average molecular weight is 411 g/mol. The van der Waals surface area contributed by atoms with Gasteiger partial charge in [0.2, 0.25) is 0 Å². The first-order valence-electron chi connectivity index (χ1n) is 10.3. The monoisotopic (exact) mass is 410 g/mol. The zero-order valence-corrected chi connectivity index (χ0v) is 18.1. The standard InChI is InChI=1S/C28H26O3/c1-4-19-31-26-18-17-23(27(20-26)24-13-9-21(2)10-14-24)8-6-5-7-22-11-15-25(16-12-22)28(29)30-3/h6,8-18,20H,4,19H2,1-3H3/b8-6+. The van der Waals surface area contributed by atoms with Gasteiger partial charge in [0.15, 0.2) is 0 Å². The Morgan fingerprint density at radius 3 is 2.42 bits per heavy atom. The Bertz CT molecular complexity index is 1110. The molecule has 0 unspecified atom stereocenters. The van der Waals surface area contributed by atoms with Crippen LogP contribution in [-0.4, -0.2) is 19.7 Å². The van der Waals surface area contributed by atoms with E-state index in [4.69, 9.17) is 9.47 Å². The molecule has 3 rings (SSSR count). The van der Waals surface area contributed by atoms with E-state index in [9.17, 15) is 4.79 Å². The van der Waals surface area contributed by atoms with Crippen molar-refractivity contribution >= 4 is 12.0 Å². The molecule has 3 nitrogen and oxygen atoms in total. The van der Waals surface area contributed by atoms with Crippen LogP contribution in [0.3, 0.4) is 0 Å². The molecule has 0 heterocycles. The second-order valence-electron chi connectivity index (χ2n) is 7.14. The fraction of sp³-hybridized carbons (Fsp3) is 0.179. The Morgan fingerprint density at radius 2 is 1.74 bits per heavy atom. The molecule has 3 aromatic rings. The van der Waals surface area contributed by atoms with Crippen molar-refractivity contribution in [3.8, 4) is 28.7 Å². The van der Waals surface area contributed by atoms with Crippen LogP contribution in [0.25, 0.3) is 17.2 Å². The molecular formula is C28H26O3. The number of benzene rings is 3. The summed E-state index contributed by atoms with van der Waals surface area (Å²) < 4.78 is 10.5. The van der Waals surface area contributed by atoms with E-state index in [0.29, 0.717) is 12.2 Å². The molecule has 0 spiro atoms. The predicted molar refractivity (Wildman–Crippen MR) is 126 cm³/mol. The molecule has 0 saturated heterocycles. The number of rotatable bonds is 6. The maximum atomic E-state index is 11.5. The molecule has 0 amide bonds. The summed E-state index contributed by atoms with van der Waals surface area (Å²) in [6.07, 6.45) is 4.82. The van der Waals surface area contributed by atoms with Crippen LogP contribution in [0.1, 0.15) is 40.4 Å². The van der Waals surface area contributed by atoms with E-state index < -0.39 is 0 Å². The third-order valence-electron chi connectivity index (χ3n) is 4.73. The number of allylic oxidation sites excluding steroid dienone is 1. The van der Waals surface area contributed by atoms with Crippen LogP contribution in [0.4, 0.5) is 0 Å². The normalized spacial score (nSPS) is 10.4. The molecule has 0 aliphatic rings. The maximum absolute atomic E-state index is 11.5. The number of carbonyl (C=O) groups is 1. The number of methoxy groups -OCH3 is 1. The minimum atomic E-state index is -0.352. The van der Waals surface area contributed by atoms with Gasteiger partial charge in [-0.05, 0) is 78.6 Å². The number of hydrogen-bond acceptors (Lipinski definition) is 3. The molecule has 156 valence electrons. The van der Waals surface area contributed by atoms with Crippen molar-refractivity contribution in [3.63, 3.8) is 0 Å². The van der Waals surface area contributed by atoms with E-state index in [0.717, 1.165) is 34.4 Å². The summed E-state index contributed by atoms with van der Waals surface area (Å²) in [7, 11) is 1.37. The predicted octanol–water partition coefficient (Wildman–Crippen LogP) is 6.30. The van der Waals surface area contributed by atoms with Gasteiger partial charge in [-0.3, -0.25) is 0 Å². The van der Waals surface area contributed by atoms with Crippen LogP contribution in [0.15, 0.2) is 72.8 Å². The van der Waals surface area contributed by atoms with Crippen LogP contribution in [0.2, 0.25) is 0 Å². The lowest BCUT2D eigenvalue weighted by Gasteiger charge is -2.11. The molecule has 0 aliphatic heterocycles. The van der Waals surface area contributed by atoms with Crippen molar-refractivity contribution in [2.75, 3.05) is 13.7 Å². The largest absolute Gasteiger partial charge is 0.494 e. The van der Waals surface area contributed by atoms with Crippen LogP contribution in [0.5, 0.6) is 5.75 Å². The first-order valence-corrected chi connectivity index (χ1v) is 10.3. The second-order valence-corrected chi connectivity index (χ2v) is 7.14. The zero-order valence-electron chi connectivity index (χ0n) is 18.1. The average Bonchev–Trinajstić information content (AvgIpc) is 2.81. The summed E-state index contributed by atoms with van der Waals surface area (Å²) in [5.74, 6) is 6.68. The molecule has 3 heteroatoms. The number of ether oxygens (including phenoxy) is 2. The molecule has 0 aromatic heterocycles. The number of aryl methyl sites for hydroxylation is 1. The highest BCUT2D eigenvalue weighted by molar-refractivity contribution is 5.89. The number of carbonyl (C=O) groups excluding carboxylic acids is 1. The lowest BCUT2D eigenvalue weighted by Crippen LogP contribution is -2.00. The molecule has 0 bridgehead atoms. The minimum Gasteiger partial charge on any atom is -0.494 e. The van der Waals surface area contributed by atoms with E-state index in [1.165, 1.54) is 12.7 Å². The summed E-state index contributed by atoms with van der Waals surface area (Å²) >= 11 is 0. The van der Waals surface area contributed by atoms with Gasteiger partial charge in [-0.25, -0.2) is 4.79 Å². The van der Waals surface area contributed by atoms with Crippen molar-refractivity contribution in [2.45, 2.75) is 20.3 Å². The van der Waals surface area contributed by atoms with Gasteiger partial charge < -0.3 is 9.47 Å². The highest BCUT2D eigenvalue weighted by Gasteiger charge is 2.06. The molecule has 0 atom stereocenters. The topological polar surface area (TPSA) is 35.5 Å². The van der Waals surface area contributed by atoms with Crippen molar-refractivity contribution in [1.82, 2.24) is 0 Å². The molecule has 0 aliphatic carbocycles. The molecule has 0 radical (unpaired) electrons. The zero-order chi connectivity index (χ0) is 22.1. The Labute approximate surface area is 184 Å². The van der Waals surface area contributed by atoms with Crippen molar-refractivity contribution in [1.29, 1.82) is 0 Å². The van der Waals surface area contributed by atoms with Gasteiger partial charge in [0.1, 0.15) is 5.75 Å². The van der Waals surface area contributed by atoms with Crippen molar-refractivity contribution < 1.29 is 14.3 Å². The summed E-state index contributed by atoms with van der Waals surface area (Å²) in [4.78, 5) is 11.5. The van der Waals surface area contributed by atoms with E-state index >= 15 is 0 Å². The fourth-order valence-corrected chi connectivity index (χ4v) is 3.04. The van der Waals surface area contributed by atoms with Crippen LogP contribution in [0, 0.1) is 18.8 Å². The van der Waals surface area contributed by atoms with E-state index in [-0.39, 0.29) is 5.97 Å². The van der Waals surface area contributed by atoms with E-state index in [1.807, 2.05) is 30.4 Å². The summed E-state index contributed by atoms with van der Waals surface area (Å²) in [5.41, 5.74) is 5.88. The van der Waals surface area contributed by atoms with Gasteiger partial charge in [-0.15, -0.1) is 0 Å². The molecular weight excluding hydrogens is 384 g/mol. The van der Waals surface area contributed by atoms with Gasteiger partial charge >= 0.3 is 5.97 Å². The van der Waals surface area contributed by atoms with Crippen LogP contribution >= 0.6 is 0 Å². The Balaban J connectivity index is 1.83. The van der Waals surface area contributed by atoms with Gasteiger partial charge in [0, 0.05) is 5.56 Å². The Morgan fingerprint density at radius 1 is 1.00 bits per heavy atom. The Hall–Kier alpha value is -3.77. The van der Waals surface area contributed by atoms with E-state index in [1.54, 1.807) is 12.1 Å². The molecule has 0 fully saturated rings. The van der Waals surface area contributed by atoms with Gasteiger partial charge in [0.25, 0.3) is 0 Å². The summed E-state index contributed by atoms with van der Waals surface area (Å²) in [5, 5.41) is 0. The summed E-state index contributed by atoms with van der Waals surface area (Å²) in [6, 6.07) is 21.7. The third kappa shape index (κ3) is 6.10. The SMILES string of the molecule is CCCOc1ccc(/C=C/C#Cc2ccc(C(=O)OC)cc2)c(-c2ccc(C)cc2)c1. The quantitative estimate of drug-likeness (QED) is 0.353. The molecule has 0 N–H and O–H groups in total. The highest BCUT2D eigenvalue weighted by atomic mass is 16.5. The molecule has 0 saturated carbocycles. The molecule has 3 aromatic carbocycles. The van der Waals surface area contributed by atoms with Gasteiger partial charge in [-0.1, -0.05) is 54.7 Å². The van der Waals surface area contributed by atoms with Crippen LogP contribution < -0.4 is 4.74 Å². The first-order chi connectivity index (χ1) is 15.1. The van der Waals surface area contributed by atoms with Gasteiger partial charge in [0.05, 0.1) is 19.3 Å². The number of esters is 1. The highest BCUT2D eigenvalue weighted by Crippen LogP contribution is 2.29. The lowest BCUT2D eigenvalue weighted by molar-refractivity contribution is 0.0600. The lowest BCUT2D eigenvalue weighted by atomic mass is 9.98. The smallest absolute Gasteiger partial charge is 0.337 e. The third-order valence-corrected chi connectivity index (χ3v) is 4.73. The van der Waals surface area contributed by atoms with Crippen LogP contribution in [-0.2, 0) is 4.74 Å². The fourth-order valence-electron chi connectivity index (χ4n) is 3.04. The summed E-state index contributed by atoms with van der Waals surface area (Å²) in [6.45, 7) is 4.88. The number of hydrogen-bond donors (Lipinski definition) is 0. The first kappa shape index (κ1) is 21.9. The van der Waals surface area contributed by atoms with E-state index in [2.05, 4.69) is 62.1 Å². The second kappa shape index (κ2) is 10.8. The molecule has 31 heavy (non-hydrogen) atoms. The van der Waals surface area contributed by atoms with Crippen molar-refractivity contribution in [2.24, 2.45) is 0 Å². The maximum Gasteiger partial charge on any atom is 0.337 e. The van der Waals surface area contributed by atoms with Crippen molar-refractivity contribution in [3.05, 3.63) is 95.1 Å².